The molecule has 1 fully saturated rings. The number of pyridine rings is 1. The lowest BCUT2D eigenvalue weighted by Gasteiger charge is -2.35. The molecule has 0 bridgehead atoms. The zero-order chi connectivity index (χ0) is 13.8. The van der Waals surface area contributed by atoms with Crippen molar-refractivity contribution >= 4 is 17.7 Å². The van der Waals surface area contributed by atoms with E-state index in [0.717, 1.165) is 19.3 Å². The van der Waals surface area contributed by atoms with Crippen LogP contribution in [0.15, 0.2) is 18.2 Å². The highest BCUT2D eigenvalue weighted by Crippen LogP contribution is 2.23. The number of likely N-dealkylation sites (N-methyl/N-ethyl adjacent to an activating group) is 1. The van der Waals surface area contributed by atoms with Gasteiger partial charge in [0.15, 0.2) is 5.69 Å². The first-order valence-electron chi connectivity index (χ1n) is 6.32. The third-order valence-electron chi connectivity index (χ3n) is 3.30. The molecule has 0 aliphatic carbocycles. The number of nitrogens with zero attached hydrogens (tertiary/aromatic N) is 2. The van der Waals surface area contributed by atoms with Gasteiger partial charge in [-0.3, -0.25) is 4.79 Å². The monoisotopic (exact) mass is 263 g/mol. The van der Waals surface area contributed by atoms with Crippen LogP contribution in [0.25, 0.3) is 0 Å². The maximum Gasteiger partial charge on any atom is 0.354 e. The summed E-state index contributed by atoms with van der Waals surface area (Å²) in [5, 5.41) is 11.6. The summed E-state index contributed by atoms with van der Waals surface area (Å²) < 4.78 is 0. The smallest absolute Gasteiger partial charge is 0.354 e. The average molecular weight is 263 g/mol. The second kappa shape index (κ2) is 5.69. The van der Waals surface area contributed by atoms with Crippen LogP contribution in [0.3, 0.4) is 0 Å². The minimum absolute atomic E-state index is 0.00118. The van der Waals surface area contributed by atoms with Crippen LogP contribution in [0.1, 0.15) is 29.8 Å². The van der Waals surface area contributed by atoms with Gasteiger partial charge >= 0.3 is 5.97 Å². The van der Waals surface area contributed by atoms with Gasteiger partial charge in [0.25, 0.3) is 0 Å². The number of aromatic carboxylic acids is 1. The fourth-order valence-electron chi connectivity index (χ4n) is 2.35. The lowest BCUT2D eigenvalue weighted by Crippen LogP contribution is -2.49. The Hall–Kier alpha value is -2.11. The summed E-state index contributed by atoms with van der Waals surface area (Å²) in [6.45, 7) is 0.716. The van der Waals surface area contributed by atoms with Crippen molar-refractivity contribution in [1.82, 2.24) is 10.3 Å². The molecule has 1 atom stereocenters. The molecule has 2 rings (SSSR count). The number of carbonyl (C=O) groups is 2. The maximum absolute atomic E-state index is 11.9. The molecule has 0 aromatic carbocycles. The summed E-state index contributed by atoms with van der Waals surface area (Å²) in [6, 6.07) is 4.58. The largest absolute Gasteiger partial charge is 0.477 e. The summed E-state index contributed by atoms with van der Waals surface area (Å²) in [5.74, 6) is -0.564. The van der Waals surface area contributed by atoms with Gasteiger partial charge in [-0.05, 0) is 31.4 Å². The molecule has 0 saturated carbocycles. The highest BCUT2D eigenvalue weighted by molar-refractivity contribution is 5.87. The number of carboxylic acid groups (broad SMARTS) is 1. The number of anilines is 1. The van der Waals surface area contributed by atoms with Crippen LogP contribution in [0.2, 0.25) is 0 Å². The fraction of sp³-hybridized carbons (Fsp3) is 0.462. The number of piperidine rings is 1. The van der Waals surface area contributed by atoms with Gasteiger partial charge in [0.2, 0.25) is 5.91 Å². The van der Waals surface area contributed by atoms with Crippen LogP contribution in [-0.2, 0) is 4.79 Å². The van der Waals surface area contributed by atoms with E-state index in [9.17, 15) is 9.59 Å². The molecule has 1 saturated heterocycles. The minimum atomic E-state index is -1.06. The third-order valence-corrected chi connectivity index (χ3v) is 3.30. The first-order valence-corrected chi connectivity index (χ1v) is 6.32. The topological polar surface area (TPSA) is 82.5 Å². The van der Waals surface area contributed by atoms with E-state index in [4.69, 9.17) is 5.11 Å². The standard InChI is InChI=1S/C13H17N3O3/c1-14-12(17)10-6-2-3-8-16(10)11-7-4-5-9(15-11)13(18)19/h4-5,7,10H,2-3,6,8H2,1H3,(H,14,17)(H,18,19). The van der Waals surface area contributed by atoms with Gasteiger partial charge in [0.05, 0.1) is 0 Å². The van der Waals surface area contributed by atoms with Crippen molar-refractivity contribution in [3.63, 3.8) is 0 Å². The van der Waals surface area contributed by atoms with Crippen molar-refractivity contribution < 1.29 is 14.7 Å². The second-order valence-electron chi connectivity index (χ2n) is 4.51. The van der Waals surface area contributed by atoms with E-state index in [1.807, 2.05) is 4.90 Å². The number of aromatic nitrogens is 1. The molecule has 19 heavy (non-hydrogen) atoms. The molecular weight excluding hydrogens is 246 g/mol. The van der Waals surface area contributed by atoms with E-state index in [1.54, 1.807) is 19.2 Å². The van der Waals surface area contributed by atoms with Gasteiger partial charge in [-0.2, -0.15) is 0 Å². The Bertz CT molecular complexity index is 490. The summed E-state index contributed by atoms with van der Waals surface area (Å²) in [7, 11) is 1.61. The number of carbonyl (C=O) groups excluding carboxylic acids is 1. The van der Waals surface area contributed by atoms with Crippen molar-refractivity contribution in [3.05, 3.63) is 23.9 Å². The normalized spacial score (nSPS) is 19.0. The molecular formula is C13H17N3O3. The lowest BCUT2D eigenvalue weighted by atomic mass is 10.0. The molecule has 2 heterocycles. The molecule has 1 amide bonds. The predicted molar refractivity (Wildman–Crippen MR) is 70.2 cm³/mol. The summed E-state index contributed by atoms with van der Waals surface area (Å²) in [4.78, 5) is 28.8. The Morgan fingerprint density at radius 3 is 2.89 bits per heavy atom. The van der Waals surface area contributed by atoms with Crippen LogP contribution in [0.4, 0.5) is 5.82 Å². The second-order valence-corrected chi connectivity index (χ2v) is 4.51. The molecule has 1 unspecified atom stereocenters. The molecule has 1 aromatic heterocycles. The van der Waals surface area contributed by atoms with Crippen molar-refractivity contribution in [2.45, 2.75) is 25.3 Å². The number of hydrogen-bond acceptors (Lipinski definition) is 4. The lowest BCUT2D eigenvalue weighted by molar-refractivity contribution is -0.122. The van der Waals surface area contributed by atoms with Crippen LogP contribution < -0.4 is 10.2 Å². The Morgan fingerprint density at radius 1 is 1.42 bits per heavy atom. The van der Waals surface area contributed by atoms with Gasteiger partial charge in [0.1, 0.15) is 11.9 Å². The number of rotatable bonds is 3. The highest BCUT2D eigenvalue weighted by Gasteiger charge is 2.29. The number of nitrogens with one attached hydrogen (secondary N) is 1. The van der Waals surface area contributed by atoms with E-state index in [0.29, 0.717) is 12.4 Å². The van der Waals surface area contributed by atoms with Crippen molar-refractivity contribution in [2.24, 2.45) is 0 Å². The molecule has 6 heteroatoms. The average Bonchev–Trinajstić information content (AvgIpc) is 2.46. The molecule has 102 valence electrons. The zero-order valence-electron chi connectivity index (χ0n) is 10.8. The zero-order valence-corrected chi connectivity index (χ0v) is 10.8. The Kier molecular flexibility index (Phi) is 3.99. The first-order chi connectivity index (χ1) is 9.13. The minimum Gasteiger partial charge on any atom is -0.477 e. The van der Waals surface area contributed by atoms with Crippen LogP contribution >= 0.6 is 0 Å². The molecule has 0 radical (unpaired) electrons. The van der Waals surface area contributed by atoms with E-state index < -0.39 is 5.97 Å². The van der Waals surface area contributed by atoms with E-state index >= 15 is 0 Å². The van der Waals surface area contributed by atoms with Gasteiger partial charge in [-0.1, -0.05) is 6.07 Å². The molecule has 6 nitrogen and oxygen atoms in total. The molecule has 1 aromatic rings. The van der Waals surface area contributed by atoms with Gasteiger partial charge in [0, 0.05) is 13.6 Å². The van der Waals surface area contributed by atoms with Crippen molar-refractivity contribution in [3.8, 4) is 0 Å². The summed E-state index contributed by atoms with van der Waals surface area (Å²) in [6.07, 6.45) is 2.73. The van der Waals surface area contributed by atoms with E-state index in [1.165, 1.54) is 6.07 Å². The Labute approximate surface area is 111 Å². The SMILES string of the molecule is CNC(=O)C1CCCCN1c1cccc(C(=O)O)n1. The number of amides is 1. The van der Waals surface area contributed by atoms with Crippen LogP contribution in [-0.4, -0.2) is 41.6 Å². The molecule has 1 aliphatic rings. The highest BCUT2D eigenvalue weighted by atomic mass is 16.4. The third kappa shape index (κ3) is 2.83. The first kappa shape index (κ1) is 13.3. The van der Waals surface area contributed by atoms with E-state index in [-0.39, 0.29) is 17.6 Å². The predicted octanol–water partition coefficient (Wildman–Crippen LogP) is 0.885. The number of carboxylic acids is 1. The Morgan fingerprint density at radius 2 is 2.21 bits per heavy atom. The number of hydrogen-bond donors (Lipinski definition) is 2. The van der Waals surface area contributed by atoms with Crippen molar-refractivity contribution in [1.29, 1.82) is 0 Å². The maximum atomic E-state index is 11.9. The molecule has 1 aliphatic heterocycles. The molecule has 2 N–H and O–H groups in total. The molecule has 0 spiro atoms. The summed E-state index contributed by atoms with van der Waals surface area (Å²) >= 11 is 0. The van der Waals surface area contributed by atoms with Gasteiger partial charge in [-0.15, -0.1) is 0 Å². The summed E-state index contributed by atoms with van der Waals surface area (Å²) in [5.41, 5.74) is -0.00118. The fourth-order valence-corrected chi connectivity index (χ4v) is 2.35. The quantitative estimate of drug-likeness (QED) is 0.846. The van der Waals surface area contributed by atoms with Crippen LogP contribution in [0, 0.1) is 0 Å². The Balaban J connectivity index is 2.29. The van der Waals surface area contributed by atoms with E-state index in [2.05, 4.69) is 10.3 Å². The van der Waals surface area contributed by atoms with Gasteiger partial charge in [-0.25, -0.2) is 9.78 Å². The van der Waals surface area contributed by atoms with Crippen molar-refractivity contribution in [2.75, 3.05) is 18.5 Å². The van der Waals surface area contributed by atoms with Crippen LogP contribution in [0.5, 0.6) is 0 Å². The van der Waals surface area contributed by atoms with Gasteiger partial charge < -0.3 is 15.3 Å².